The van der Waals surface area contributed by atoms with Crippen molar-refractivity contribution in [3.8, 4) is 5.75 Å². The first-order chi connectivity index (χ1) is 10.1. The van der Waals surface area contributed by atoms with Crippen LogP contribution in [0.15, 0.2) is 18.2 Å². The lowest BCUT2D eigenvalue weighted by atomic mass is 9.86. The Morgan fingerprint density at radius 3 is 3.05 bits per heavy atom. The molecule has 0 amide bonds. The Labute approximate surface area is 122 Å². The number of aromatic hydroxyl groups is 1. The third-order valence-corrected chi connectivity index (χ3v) is 4.33. The van der Waals surface area contributed by atoms with E-state index in [1.54, 1.807) is 6.07 Å². The summed E-state index contributed by atoms with van der Waals surface area (Å²) in [4.78, 5) is 15.0. The van der Waals surface area contributed by atoms with Crippen LogP contribution in [0.1, 0.15) is 31.0 Å². The van der Waals surface area contributed by atoms with E-state index in [2.05, 4.69) is 4.98 Å². The molecule has 1 atom stereocenters. The molecule has 1 aliphatic heterocycles. The largest absolute Gasteiger partial charge is 0.506 e. The van der Waals surface area contributed by atoms with Crippen LogP contribution in [-0.4, -0.2) is 29.8 Å². The van der Waals surface area contributed by atoms with Crippen molar-refractivity contribution in [3.63, 3.8) is 0 Å². The summed E-state index contributed by atoms with van der Waals surface area (Å²) in [5.74, 6) is -0.0856. The summed E-state index contributed by atoms with van der Waals surface area (Å²) in [5.41, 5.74) is 2.01. The van der Waals surface area contributed by atoms with E-state index in [-0.39, 0.29) is 18.1 Å². The van der Waals surface area contributed by atoms with E-state index in [4.69, 9.17) is 9.47 Å². The van der Waals surface area contributed by atoms with Gasteiger partial charge in [-0.15, -0.1) is 0 Å². The molecule has 5 heteroatoms. The quantitative estimate of drug-likeness (QED) is 0.852. The number of H-pyrrole nitrogens is 1. The van der Waals surface area contributed by atoms with Crippen LogP contribution in [0.2, 0.25) is 0 Å². The molecule has 112 valence electrons. The van der Waals surface area contributed by atoms with Crippen LogP contribution >= 0.6 is 0 Å². The molecule has 0 radical (unpaired) electrons. The van der Waals surface area contributed by atoms with E-state index in [9.17, 15) is 9.90 Å². The maximum atomic E-state index is 11.8. The second-order valence-corrected chi connectivity index (χ2v) is 5.38. The normalized spacial score (nSPS) is 21.2. The number of aromatic nitrogens is 1. The minimum Gasteiger partial charge on any atom is -0.506 e. The van der Waals surface area contributed by atoms with E-state index in [1.807, 2.05) is 19.1 Å². The van der Waals surface area contributed by atoms with Gasteiger partial charge in [0.1, 0.15) is 11.4 Å². The maximum Gasteiger partial charge on any atom is 0.308 e. The molecule has 3 rings (SSSR count). The summed E-state index contributed by atoms with van der Waals surface area (Å²) in [6, 6.07) is 5.46. The highest BCUT2D eigenvalue weighted by molar-refractivity contribution is 5.90. The molecule has 1 aliphatic rings. The first kappa shape index (κ1) is 13.9. The molecule has 0 saturated carbocycles. The Morgan fingerprint density at radius 2 is 2.33 bits per heavy atom. The third-order valence-electron chi connectivity index (χ3n) is 4.33. The van der Waals surface area contributed by atoms with Crippen LogP contribution in [0, 0.1) is 0 Å². The number of para-hydroxylation sites is 1. The molecule has 1 unspecified atom stereocenters. The molecular formula is C16H19NO4. The fourth-order valence-corrected chi connectivity index (χ4v) is 3.18. The third kappa shape index (κ3) is 2.08. The summed E-state index contributed by atoms with van der Waals surface area (Å²) in [5, 5.41) is 11.0. The number of carbonyl (C=O) groups excluding carboxylic acids is 1. The van der Waals surface area contributed by atoms with Crippen molar-refractivity contribution in [2.45, 2.75) is 31.8 Å². The topological polar surface area (TPSA) is 71.5 Å². The highest BCUT2D eigenvalue weighted by atomic mass is 16.5. The van der Waals surface area contributed by atoms with Crippen LogP contribution in [0.5, 0.6) is 5.75 Å². The fourth-order valence-electron chi connectivity index (χ4n) is 3.18. The number of rotatable bonds is 3. The van der Waals surface area contributed by atoms with E-state index in [0.717, 1.165) is 23.1 Å². The monoisotopic (exact) mass is 289 g/mol. The Kier molecular flexibility index (Phi) is 3.37. The summed E-state index contributed by atoms with van der Waals surface area (Å²) < 4.78 is 10.8. The number of methoxy groups -OCH3 is 1. The van der Waals surface area contributed by atoms with Crippen LogP contribution in [0.4, 0.5) is 0 Å². The van der Waals surface area contributed by atoms with Gasteiger partial charge in [0.05, 0.1) is 31.3 Å². The molecule has 2 heterocycles. The fraction of sp³-hybridized carbons (Fsp3) is 0.438. The first-order valence-corrected chi connectivity index (χ1v) is 7.15. The number of phenolic OH excluding ortho intramolecular Hbond substituents is 1. The zero-order valence-electron chi connectivity index (χ0n) is 12.2. The maximum absolute atomic E-state index is 11.8. The van der Waals surface area contributed by atoms with Gasteiger partial charge in [-0.3, -0.25) is 4.79 Å². The van der Waals surface area contributed by atoms with Gasteiger partial charge < -0.3 is 19.6 Å². The van der Waals surface area contributed by atoms with Crippen molar-refractivity contribution in [1.82, 2.24) is 4.98 Å². The molecular weight excluding hydrogens is 270 g/mol. The van der Waals surface area contributed by atoms with Crippen molar-refractivity contribution in [2.75, 3.05) is 13.7 Å². The van der Waals surface area contributed by atoms with E-state index in [0.29, 0.717) is 18.5 Å². The summed E-state index contributed by atoms with van der Waals surface area (Å²) in [7, 11) is 1.38. The average Bonchev–Trinajstić information content (AvgIpc) is 2.89. The van der Waals surface area contributed by atoms with Crippen LogP contribution in [0.25, 0.3) is 10.9 Å². The van der Waals surface area contributed by atoms with Crippen molar-refractivity contribution < 1.29 is 19.4 Å². The van der Waals surface area contributed by atoms with E-state index < -0.39 is 5.60 Å². The molecule has 21 heavy (non-hydrogen) atoms. The number of nitrogens with one attached hydrogen (secondary N) is 1. The number of hydrogen-bond acceptors (Lipinski definition) is 4. The number of carbonyl (C=O) groups is 1. The zero-order chi connectivity index (χ0) is 15.0. The summed E-state index contributed by atoms with van der Waals surface area (Å²) >= 11 is 0. The lowest BCUT2D eigenvalue weighted by molar-refractivity contribution is -0.152. The molecule has 1 aromatic carbocycles. The lowest BCUT2D eigenvalue weighted by Crippen LogP contribution is -2.37. The van der Waals surface area contributed by atoms with Gasteiger partial charge in [0.25, 0.3) is 0 Å². The van der Waals surface area contributed by atoms with Gasteiger partial charge in [-0.05, 0) is 24.5 Å². The standard InChI is InChI=1S/C16H19NO4/c1-3-16(9-13(19)20-2)15-11(7-8-21-16)10-5-4-6-12(18)14(10)17-15/h4-6,17-18H,3,7-9H2,1-2H3. The van der Waals surface area contributed by atoms with Gasteiger partial charge in [-0.25, -0.2) is 0 Å². The number of ether oxygens (including phenoxy) is 2. The van der Waals surface area contributed by atoms with Gasteiger partial charge in [-0.2, -0.15) is 0 Å². The summed E-state index contributed by atoms with van der Waals surface area (Å²) in [6.07, 6.45) is 1.59. The highest BCUT2D eigenvalue weighted by Crippen LogP contribution is 2.43. The molecule has 0 saturated heterocycles. The van der Waals surface area contributed by atoms with Gasteiger partial charge in [0.2, 0.25) is 0 Å². The first-order valence-electron chi connectivity index (χ1n) is 7.15. The lowest BCUT2D eigenvalue weighted by Gasteiger charge is -2.35. The number of benzene rings is 1. The van der Waals surface area contributed by atoms with Gasteiger partial charge in [-0.1, -0.05) is 19.1 Å². The molecule has 0 fully saturated rings. The van der Waals surface area contributed by atoms with Gasteiger partial charge in [0, 0.05) is 5.39 Å². The SMILES string of the molecule is CCC1(CC(=O)OC)OCCc2c1[nH]c1c(O)cccc21. The second kappa shape index (κ2) is 5.07. The smallest absolute Gasteiger partial charge is 0.308 e. The molecule has 0 aliphatic carbocycles. The Hall–Kier alpha value is -2.01. The molecule has 5 nitrogen and oxygen atoms in total. The van der Waals surface area contributed by atoms with Crippen molar-refractivity contribution >= 4 is 16.9 Å². The van der Waals surface area contributed by atoms with E-state index >= 15 is 0 Å². The number of hydrogen-bond donors (Lipinski definition) is 2. The minimum atomic E-state index is -0.702. The predicted octanol–water partition coefficient (Wildman–Crippen LogP) is 2.61. The second-order valence-electron chi connectivity index (χ2n) is 5.38. The molecule has 2 N–H and O–H groups in total. The molecule has 0 bridgehead atoms. The average molecular weight is 289 g/mol. The number of aromatic amines is 1. The van der Waals surface area contributed by atoms with Crippen LogP contribution < -0.4 is 0 Å². The number of phenols is 1. The summed E-state index contributed by atoms with van der Waals surface area (Å²) in [6.45, 7) is 2.55. The number of fused-ring (bicyclic) bond motifs is 3. The minimum absolute atomic E-state index is 0.167. The Morgan fingerprint density at radius 1 is 1.52 bits per heavy atom. The van der Waals surface area contributed by atoms with Crippen LogP contribution in [0.3, 0.4) is 0 Å². The number of esters is 1. The van der Waals surface area contributed by atoms with Crippen LogP contribution in [-0.2, 0) is 26.3 Å². The molecule has 0 spiro atoms. The van der Waals surface area contributed by atoms with Gasteiger partial charge >= 0.3 is 5.97 Å². The molecule has 2 aromatic rings. The van der Waals surface area contributed by atoms with E-state index in [1.165, 1.54) is 7.11 Å². The molecule has 1 aromatic heterocycles. The van der Waals surface area contributed by atoms with Crippen molar-refractivity contribution in [1.29, 1.82) is 0 Å². The Balaban J connectivity index is 2.18. The van der Waals surface area contributed by atoms with Gasteiger partial charge in [0.15, 0.2) is 0 Å². The zero-order valence-corrected chi connectivity index (χ0v) is 12.2. The van der Waals surface area contributed by atoms with Crippen molar-refractivity contribution in [3.05, 3.63) is 29.5 Å². The Bertz CT molecular complexity index is 691. The van der Waals surface area contributed by atoms with Crippen molar-refractivity contribution in [2.24, 2.45) is 0 Å². The predicted molar refractivity (Wildman–Crippen MR) is 78.2 cm³/mol. The highest BCUT2D eigenvalue weighted by Gasteiger charge is 2.41.